The number of halogens is 1. The second-order valence-corrected chi connectivity index (χ2v) is 8.08. The van der Waals surface area contributed by atoms with Crippen LogP contribution < -0.4 is 4.72 Å². The Kier molecular flexibility index (Phi) is 7.24. The number of aliphatic hydroxyl groups is 1. The summed E-state index contributed by atoms with van der Waals surface area (Å²) in [5.41, 5.74) is 0. The van der Waals surface area contributed by atoms with E-state index in [2.05, 4.69) is 25.4 Å². The van der Waals surface area contributed by atoms with Gasteiger partial charge in [-0.3, -0.25) is 0 Å². The minimum absolute atomic E-state index is 0.0491. The van der Waals surface area contributed by atoms with Gasteiger partial charge in [0.05, 0.1) is 17.5 Å². The van der Waals surface area contributed by atoms with Crippen LogP contribution in [-0.2, 0) is 19.5 Å². The van der Waals surface area contributed by atoms with E-state index in [0.29, 0.717) is 3.79 Å². The number of rotatable bonds is 8. The van der Waals surface area contributed by atoms with E-state index in [0.717, 1.165) is 11.3 Å². The van der Waals surface area contributed by atoms with Crippen LogP contribution in [0, 0.1) is 0 Å². The minimum Gasteiger partial charge on any atom is -0.465 e. The van der Waals surface area contributed by atoms with Gasteiger partial charge in [0, 0.05) is 19.8 Å². The van der Waals surface area contributed by atoms with Gasteiger partial charge in [0.25, 0.3) is 0 Å². The minimum atomic E-state index is -3.84. The molecule has 0 aliphatic rings. The summed E-state index contributed by atoms with van der Waals surface area (Å²) in [5.74, 6) is -0.606. The van der Waals surface area contributed by atoms with Crippen LogP contribution in [0.15, 0.2) is 14.7 Å². The summed E-state index contributed by atoms with van der Waals surface area (Å²) in [6.07, 6.45) is 0.221. The van der Waals surface area contributed by atoms with Gasteiger partial charge in [-0.25, -0.2) is 17.9 Å². The molecule has 0 amide bonds. The van der Waals surface area contributed by atoms with Crippen LogP contribution in [0.5, 0.6) is 0 Å². The maximum absolute atomic E-state index is 12.3. The summed E-state index contributed by atoms with van der Waals surface area (Å²) >= 11 is 4.10. The van der Waals surface area contributed by atoms with E-state index in [1.165, 1.54) is 20.3 Å². The average Bonchev–Trinajstić information content (AvgIpc) is 2.81. The lowest BCUT2D eigenvalue weighted by Crippen LogP contribution is -2.38. The first-order valence-electron chi connectivity index (χ1n) is 5.85. The number of nitrogens with one attached hydrogen (secondary N) is 1. The monoisotopic (exact) mass is 401 g/mol. The number of esters is 1. The van der Waals surface area contributed by atoms with Gasteiger partial charge >= 0.3 is 5.97 Å². The van der Waals surface area contributed by atoms with Crippen molar-refractivity contribution in [2.45, 2.75) is 17.4 Å². The van der Waals surface area contributed by atoms with Crippen molar-refractivity contribution in [3.05, 3.63) is 14.7 Å². The average molecular weight is 402 g/mol. The molecular weight excluding hydrogens is 386 g/mol. The molecule has 1 atom stereocenters. The fraction of sp³-hybridized carbons (Fsp3) is 0.545. The van der Waals surface area contributed by atoms with Gasteiger partial charge in [0.1, 0.15) is 9.77 Å². The first-order valence-corrected chi connectivity index (χ1v) is 8.94. The van der Waals surface area contributed by atoms with E-state index in [-0.39, 0.29) is 29.4 Å². The maximum atomic E-state index is 12.3. The Balaban J connectivity index is 3.01. The predicted molar refractivity (Wildman–Crippen MR) is 81.0 cm³/mol. The van der Waals surface area contributed by atoms with Crippen molar-refractivity contribution in [2.24, 2.45) is 0 Å². The number of ether oxygens (including phenoxy) is 2. The molecule has 2 N–H and O–H groups in total. The molecule has 1 heterocycles. The first-order chi connectivity index (χ1) is 9.85. The van der Waals surface area contributed by atoms with Crippen molar-refractivity contribution in [3.8, 4) is 0 Å². The van der Waals surface area contributed by atoms with E-state index in [4.69, 9.17) is 9.84 Å². The topological polar surface area (TPSA) is 102 Å². The fourth-order valence-corrected chi connectivity index (χ4v) is 5.29. The lowest BCUT2D eigenvalue weighted by atomic mass is 10.2. The van der Waals surface area contributed by atoms with Crippen molar-refractivity contribution >= 4 is 43.3 Å². The Morgan fingerprint density at radius 3 is 2.71 bits per heavy atom. The molecule has 10 heteroatoms. The van der Waals surface area contributed by atoms with Gasteiger partial charge in [0.15, 0.2) is 0 Å². The van der Waals surface area contributed by atoms with E-state index >= 15 is 0 Å². The Hall–Kier alpha value is -0.520. The molecule has 1 rings (SSSR count). The van der Waals surface area contributed by atoms with E-state index in [9.17, 15) is 13.2 Å². The lowest BCUT2D eigenvalue weighted by molar-refractivity contribution is 0.0606. The van der Waals surface area contributed by atoms with Crippen molar-refractivity contribution < 1.29 is 27.8 Å². The molecule has 1 aromatic heterocycles. The number of hydrogen-bond acceptors (Lipinski definition) is 7. The molecule has 120 valence electrons. The largest absolute Gasteiger partial charge is 0.465 e. The molecule has 7 nitrogen and oxygen atoms in total. The van der Waals surface area contributed by atoms with Crippen molar-refractivity contribution in [1.29, 1.82) is 0 Å². The Morgan fingerprint density at radius 1 is 1.52 bits per heavy atom. The van der Waals surface area contributed by atoms with Crippen LogP contribution in [0.4, 0.5) is 0 Å². The maximum Gasteiger partial charge on any atom is 0.348 e. The number of thiophene rings is 1. The summed E-state index contributed by atoms with van der Waals surface area (Å²) in [4.78, 5) is 11.6. The molecule has 0 saturated heterocycles. The summed E-state index contributed by atoms with van der Waals surface area (Å²) in [5, 5.41) is 8.94. The summed E-state index contributed by atoms with van der Waals surface area (Å²) < 4.78 is 36.8. The quantitative estimate of drug-likeness (QED) is 0.629. The standard InChI is InChI=1S/C11H16BrNO6S2/c1-18-6-7(3-4-14)13-21(16,17)9-5-8(11(15)19-2)20-10(9)12/h5,7,13-14H,3-4,6H2,1-2H3. The molecule has 0 fully saturated rings. The number of carbonyl (C=O) groups is 1. The molecule has 1 unspecified atom stereocenters. The highest BCUT2D eigenvalue weighted by Gasteiger charge is 2.26. The number of hydrogen-bond donors (Lipinski definition) is 2. The van der Waals surface area contributed by atoms with Gasteiger partial charge in [-0.2, -0.15) is 0 Å². The van der Waals surface area contributed by atoms with Gasteiger partial charge in [-0.05, 0) is 28.4 Å². The van der Waals surface area contributed by atoms with Crippen LogP contribution in [0.1, 0.15) is 16.1 Å². The fourth-order valence-electron chi connectivity index (χ4n) is 1.55. The van der Waals surface area contributed by atoms with Crippen LogP contribution in [0.3, 0.4) is 0 Å². The zero-order valence-electron chi connectivity index (χ0n) is 11.5. The summed E-state index contributed by atoms with van der Waals surface area (Å²) in [6.45, 7) is -0.0415. The van der Waals surface area contributed by atoms with Crippen LogP contribution >= 0.6 is 27.3 Å². The molecule has 0 aromatic carbocycles. The van der Waals surface area contributed by atoms with Crippen molar-refractivity contribution in [1.82, 2.24) is 4.72 Å². The molecule has 21 heavy (non-hydrogen) atoms. The number of carbonyl (C=O) groups excluding carboxylic acids is 1. The third kappa shape index (κ3) is 5.01. The SMILES string of the molecule is COCC(CCO)NS(=O)(=O)c1cc(C(=O)OC)sc1Br. The van der Waals surface area contributed by atoms with Crippen molar-refractivity contribution in [2.75, 3.05) is 27.4 Å². The summed E-state index contributed by atoms with van der Waals surface area (Å²) in [6, 6.07) is 0.685. The molecule has 0 bridgehead atoms. The van der Waals surface area contributed by atoms with Gasteiger partial charge in [0.2, 0.25) is 10.0 Å². The molecule has 0 aliphatic heterocycles. The molecule has 0 spiro atoms. The summed E-state index contributed by atoms with van der Waals surface area (Å²) in [7, 11) is -1.18. The van der Waals surface area contributed by atoms with Gasteiger partial charge in [-0.1, -0.05) is 0 Å². The number of methoxy groups -OCH3 is 2. The van der Waals surface area contributed by atoms with Gasteiger partial charge in [-0.15, -0.1) is 11.3 Å². The molecule has 0 saturated carbocycles. The second kappa shape index (κ2) is 8.20. The predicted octanol–water partition coefficient (Wildman–Crippen LogP) is 0.973. The van der Waals surface area contributed by atoms with Crippen LogP contribution in [-0.4, -0.2) is 53.0 Å². The van der Waals surface area contributed by atoms with Crippen LogP contribution in [0.25, 0.3) is 0 Å². The highest BCUT2D eigenvalue weighted by atomic mass is 79.9. The first kappa shape index (κ1) is 18.5. The second-order valence-electron chi connectivity index (χ2n) is 4.03. The van der Waals surface area contributed by atoms with E-state index in [1.54, 1.807) is 0 Å². The van der Waals surface area contributed by atoms with E-state index < -0.39 is 22.0 Å². The highest BCUT2D eigenvalue weighted by molar-refractivity contribution is 9.11. The highest BCUT2D eigenvalue weighted by Crippen LogP contribution is 2.32. The normalized spacial score (nSPS) is 13.1. The Labute approximate surface area is 135 Å². The zero-order chi connectivity index (χ0) is 16.0. The van der Waals surface area contributed by atoms with E-state index in [1.807, 2.05) is 0 Å². The lowest BCUT2D eigenvalue weighted by Gasteiger charge is -2.16. The third-order valence-corrected chi connectivity index (χ3v) is 6.25. The molecule has 1 aromatic rings. The van der Waals surface area contributed by atoms with Gasteiger partial charge < -0.3 is 14.6 Å². The molecular formula is C11H16BrNO6S2. The number of aliphatic hydroxyl groups excluding tert-OH is 1. The molecule has 0 aliphatic carbocycles. The number of sulfonamides is 1. The molecule has 0 radical (unpaired) electrons. The third-order valence-electron chi connectivity index (χ3n) is 2.50. The van der Waals surface area contributed by atoms with Crippen molar-refractivity contribution in [3.63, 3.8) is 0 Å². The zero-order valence-corrected chi connectivity index (χ0v) is 14.7. The Morgan fingerprint density at radius 2 is 2.19 bits per heavy atom. The van der Waals surface area contributed by atoms with Crippen LogP contribution in [0.2, 0.25) is 0 Å². The smallest absolute Gasteiger partial charge is 0.348 e. The Bertz CT molecular complexity index is 580.